The van der Waals surface area contributed by atoms with Crippen LogP contribution in [-0.4, -0.2) is 57.4 Å². The van der Waals surface area contributed by atoms with Gasteiger partial charge in [-0.3, -0.25) is 13.2 Å². The molecular formula is C24H50BrO8PS. The molecule has 0 fully saturated rings. The Bertz CT molecular complexity index is 621. The smallest absolute Gasteiger partial charge is 0.379 e. The Hall–Kier alpha value is 0.460. The molecule has 0 spiro atoms. The maximum atomic E-state index is 11.7. The van der Waals surface area contributed by atoms with Crippen molar-refractivity contribution in [1.82, 2.24) is 0 Å². The molecule has 1 N–H and O–H groups in total. The third kappa shape index (κ3) is 27.3. The molecule has 0 aromatic carbocycles. The molecule has 0 aliphatic rings. The fourth-order valence-corrected chi connectivity index (χ4v) is 5.45. The van der Waals surface area contributed by atoms with E-state index in [1.54, 1.807) is 0 Å². The van der Waals surface area contributed by atoms with E-state index in [2.05, 4.69) is 22.9 Å². The second kappa shape index (κ2) is 23.6. The van der Waals surface area contributed by atoms with Crippen molar-refractivity contribution in [2.75, 3.05) is 38.0 Å². The SMILES string of the molecule is CCCCCCCCCCCCCCCCCCOCC(COP(=O)(O)OCCBr)OS(C)(=O)=O. The molecule has 0 saturated heterocycles. The van der Waals surface area contributed by atoms with Gasteiger partial charge in [0.25, 0.3) is 10.1 Å². The summed E-state index contributed by atoms with van der Waals surface area (Å²) < 4.78 is 54.5. The van der Waals surface area contributed by atoms with E-state index >= 15 is 0 Å². The quantitative estimate of drug-likeness (QED) is 0.0453. The van der Waals surface area contributed by atoms with Crippen LogP contribution in [0.2, 0.25) is 0 Å². The zero-order valence-corrected chi connectivity index (χ0v) is 25.3. The van der Waals surface area contributed by atoms with Crippen molar-refractivity contribution in [3.05, 3.63) is 0 Å². The lowest BCUT2D eigenvalue weighted by Crippen LogP contribution is -2.28. The molecule has 35 heavy (non-hydrogen) atoms. The first-order chi connectivity index (χ1) is 16.7. The standard InChI is InChI=1S/C24H50BrO8PS/c1-3-4-5-6-7-8-9-10-11-12-13-14-15-16-17-18-20-30-22-24(33-35(2,28)29)23-32-34(26,27)31-21-19-25/h24H,3-23H2,1-2H3,(H,26,27). The topological polar surface area (TPSA) is 108 Å². The first-order valence-electron chi connectivity index (χ1n) is 13.3. The largest absolute Gasteiger partial charge is 0.472 e. The number of rotatable bonds is 27. The van der Waals surface area contributed by atoms with E-state index in [0.29, 0.717) is 11.9 Å². The van der Waals surface area contributed by atoms with Crippen LogP contribution in [0.5, 0.6) is 0 Å². The fourth-order valence-electron chi connectivity index (χ4n) is 3.68. The molecule has 0 bridgehead atoms. The Morgan fingerprint density at radius 1 is 0.743 bits per heavy atom. The van der Waals surface area contributed by atoms with Crippen molar-refractivity contribution in [1.29, 1.82) is 0 Å². The minimum Gasteiger partial charge on any atom is -0.379 e. The van der Waals surface area contributed by atoms with Crippen molar-refractivity contribution in [2.45, 2.75) is 116 Å². The summed E-state index contributed by atoms with van der Waals surface area (Å²) in [5.41, 5.74) is 0. The molecule has 0 radical (unpaired) electrons. The van der Waals surface area contributed by atoms with Crippen molar-refractivity contribution in [3.8, 4) is 0 Å². The highest BCUT2D eigenvalue weighted by atomic mass is 79.9. The normalized spacial score (nSPS) is 14.7. The van der Waals surface area contributed by atoms with Gasteiger partial charge < -0.3 is 9.63 Å². The molecule has 2 unspecified atom stereocenters. The van der Waals surface area contributed by atoms with Crippen molar-refractivity contribution in [3.63, 3.8) is 0 Å². The van der Waals surface area contributed by atoms with Gasteiger partial charge in [0.1, 0.15) is 6.10 Å². The highest BCUT2D eigenvalue weighted by molar-refractivity contribution is 9.09. The molecule has 0 saturated carbocycles. The molecule has 212 valence electrons. The fraction of sp³-hybridized carbons (Fsp3) is 1.00. The Morgan fingerprint density at radius 3 is 1.63 bits per heavy atom. The van der Waals surface area contributed by atoms with Crippen LogP contribution in [0.25, 0.3) is 0 Å². The number of alkyl halides is 1. The molecule has 0 rings (SSSR count). The summed E-state index contributed by atoms with van der Waals surface area (Å²) in [5.74, 6) is 0. The van der Waals surface area contributed by atoms with E-state index in [0.717, 1.165) is 25.5 Å². The summed E-state index contributed by atoms with van der Waals surface area (Å²) in [5, 5.41) is 0.368. The lowest BCUT2D eigenvalue weighted by Gasteiger charge is -2.18. The van der Waals surface area contributed by atoms with E-state index in [9.17, 15) is 17.9 Å². The minimum atomic E-state index is -4.27. The Balaban J connectivity index is 3.69. The van der Waals surface area contributed by atoms with E-state index in [-0.39, 0.29) is 13.2 Å². The summed E-state index contributed by atoms with van der Waals surface area (Å²) in [6.45, 7) is 2.24. The second-order valence-electron chi connectivity index (χ2n) is 9.09. The van der Waals surface area contributed by atoms with Gasteiger partial charge in [0.15, 0.2) is 0 Å². The predicted molar refractivity (Wildman–Crippen MR) is 146 cm³/mol. The number of phosphoric ester groups is 1. The zero-order chi connectivity index (χ0) is 26.3. The maximum Gasteiger partial charge on any atom is 0.472 e. The van der Waals surface area contributed by atoms with E-state index in [1.165, 1.54) is 83.5 Å². The van der Waals surface area contributed by atoms with E-state index in [4.69, 9.17) is 18.0 Å². The van der Waals surface area contributed by atoms with Crippen LogP contribution in [-0.2, 0) is 32.7 Å². The Labute approximate surface area is 223 Å². The van der Waals surface area contributed by atoms with Crippen molar-refractivity contribution in [2.24, 2.45) is 0 Å². The number of phosphoric acid groups is 1. The molecule has 8 nitrogen and oxygen atoms in total. The monoisotopic (exact) mass is 608 g/mol. The van der Waals surface area contributed by atoms with Gasteiger partial charge in [-0.2, -0.15) is 8.42 Å². The number of unbranched alkanes of at least 4 members (excludes halogenated alkanes) is 15. The van der Waals surface area contributed by atoms with Crippen LogP contribution in [0.15, 0.2) is 0 Å². The summed E-state index contributed by atoms with van der Waals surface area (Å²) >= 11 is 3.08. The number of halogens is 1. The number of hydrogen-bond donors (Lipinski definition) is 1. The average molecular weight is 610 g/mol. The molecule has 0 aliphatic heterocycles. The van der Waals surface area contributed by atoms with Gasteiger partial charge in [-0.1, -0.05) is 119 Å². The van der Waals surface area contributed by atoms with Gasteiger partial charge in [-0.05, 0) is 6.42 Å². The minimum absolute atomic E-state index is 0.0128. The first kappa shape index (κ1) is 35.5. The third-order valence-electron chi connectivity index (χ3n) is 5.51. The van der Waals surface area contributed by atoms with E-state index < -0.39 is 30.7 Å². The van der Waals surface area contributed by atoms with Crippen LogP contribution < -0.4 is 0 Å². The molecular weight excluding hydrogens is 559 g/mol. The molecule has 0 aromatic rings. The lowest BCUT2D eigenvalue weighted by molar-refractivity contribution is 0.0187. The third-order valence-corrected chi connectivity index (χ3v) is 7.44. The maximum absolute atomic E-state index is 11.7. The van der Waals surface area contributed by atoms with Crippen molar-refractivity contribution < 1.29 is 35.8 Å². The average Bonchev–Trinajstić information content (AvgIpc) is 2.79. The predicted octanol–water partition coefficient (Wildman–Crippen LogP) is 7.14. The molecule has 0 aromatic heterocycles. The van der Waals surface area contributed by atoms with E-state index in [1.807, 2.05) is 0 Å². The van der Waals surface area contributed by atoms with Crippen LogP contribution in [0, 0.1) is 0 Å². The van der Waals surface area contributed by atoms with Crippen molar-refractivity contribution >= 4 is 33.9 Å². The highest BCUT2D eigenvalue weighted by Gasteiger charge is 2.25. The molecule has 0 amide bonds. The van der Waals surface area contributed by atoms with Crippen LogP contribution in [0.4, 0.5) is 0 Å². The Morgan fingerprint density at radius 2 is 1.20 bits per heavy atom. The first-order valence-corrected chi connectivity index (χ1v) is 17.8. The van der Waals surface area contributed by atoms with Crippen LogP contribution >= 0.6 is 23.8 Å². The van der Waals surface area contributed by atoms with Gasteiger partial charge in [-0.15, -0.1) is 0 Å². The summed E-state index contributed by atoms with van der Waals surface area (Å²) in [7, 11) is -8.03. The van der Waals surface area contributed by atoms with Gasteiger partial charge in [0.05, 0.1) is 26.1 Å². The summed E-state index contributed by atoms with van der Waals surface area (Å²) in [4.78, 5) is 9.56. The van der Waals surface area contributed by atoms with Gasteiger partial charge >= 0.3 is 7.82 Å². The van der Waals surface area contributed by atoms with Crippen LogP contribution in [0.3, 0.4) is 0 Å². The molecule has 11 heteroatoms. The second-order valence-corrected chi connectivity index (χ2v) is 12.9. The summed E-state index contributed by atoms with van der Waals surface area (Å²) in [6.07, 6.45) is 20.6. The molecule has 0 heterocycles. The van der Waals surface area contributed by atoms with Gasteiger partial charge in [0.2, 0.25) is 0 Å². The lowest BCUT2D eigenvalue weighted by atomic mass is 10.0. The number of ether oxygens (including phenoxy) is 1. The zero-order valence-electron chi connectivity index (χ0n) is 22.0. The van der Waals surface area contributed by atoms with Gasteiger partial charge in [-0.25, -0.2) is 4.57 Å². The van der Waals surface area contributed by atoms with Crippen LogP contribution in [0.1, 0.15) is 110 Å². The number of hydrogen-bond acceptors (Lipinski definition) is 7. The molecule has 0 aliphatic carbocycles. The summed E-state index contributed by atoms with van der Waals surface area (Å²) in [6, 6.07) is 0. The molecule has 2 atom stereocenters. The Kier molecular flexibility index (Phi) is 23.9. The highest BCUT2D eigenvalue weighted by Crippen LogP contribution is 2.43. The van der Waals surface area contributed by atoms with Gasteiger partial charge in [0, 0.05) is 11.9 Å².